The van der Waals surface area contributed by atoms with E-state index in [1.54, 1.807) is 24.3 Å². The van der Waals surface area contributed by atoms with Crippen molar-refractivity contribution in [3.63, 3.8) is 0 Å². The number of halogens is 1. The number of benzene rings is 2. The number of rotatable bonds is 4. The molecule has 7 nitrogen and oxygen atoms in total. The highest BCUT2D eigenvalue weighted by Gasteiger charge is 2.31. The van der Waals surface area contributed by atoms with Crippen molar-refractivity contribution in [2.24, 2.45) is 0 Å². The first kappa shape index (κ1) is 18.6. The fraction of sp³-hybridized carbons (Fsp3) is 0.211. The minimum Gasteiger partial charge on any atom is -0.408 e. The van der Waals surface area contributed by atoms with Crippen molar-refractivity contribution < 1.29 is 17.6 Å². The first-order chi connectivity index (χ1) is 13.4. The SMILES string of the molecule is O=C(CS(=O)(=O)c1nnc(-c2ccc(Cl)cc2)o1)N1CCCc2ccccc21. The molecule has 0 saturated heterocycles. The number of sulfone groups is 1. The molecule has 1 aliphatic heterocycles. The van der Waals surface area contributed by atoms with Gasteiger partial charge < -0.3 is 9.32 Å². The van der Waals surface area contributed by atoms with Crippen LogP contribution < -0.4 is 4.90 Å². The van der Waals surface area contributed by atoms with Gasteiger partial charge >= 0.3 is 5.22 Å². The van der Waals surface area contributed by atoms with Gasteiger partial charge in [0.1, 0.15) is 5.75 Å². The maximum Gasteiger partial charge on any atom is 0.336 e. The van der Waals surface area contributed by atoms with Crippen molar-refractivity contribution in [2.75, 3.05) is 17.2 Å². The van der Waals surface area contributed by atoms with Crippen molar-refractivity contribution in [1.29, 1.82) is 0 Å². The Kier molecular flexibility index (Phi) is 4.91. The molecule has 1 amide bonds. The maximum absolute atomic E-state index is 12.7. The lowest BCUT2D eigenvalue weighted by Crippen LogP contribution is -2.39. The summed E-state index contributed by atoms with van der Waals surface area (Å²) < 4.78 is 30.6. The largest absolute Gasteiger partial charge is 0.408 e. The normalized spacial score (nSPS) is 14.0. The van der Waals surface area contributed by atoms with Gasteiger partial charge in [-0.15, -0.1) is 5.10 Å². The van der Waals surface area contributed by atoms with Crippen LogP contribution in [0.3, 0.4) is 0 Å². The number of aryl methyl sites for hydroxylation is 1. The predicted octanol–water partition coefficient (Wildman–Crippen LogP) is 3.14. The average molecular weight is 418 g/mol. The second kappa shape index (κ2) is 7.37. The predicted molar refractivity (Wildman–Crippen MR) is 104 cm³/mol. The number of fused-ring (bicyclic) bond motifs is 1. The first-order valence-corrected chi connectivity index (χ1v) is 10.7. The van der Waals surface area contributed by atoms with Gasteiger partial charge in [-0.25, -0.2) is 8.42 Å². The van der Waals surface area contributed by atoms with Gasteiger partial charge in [0.05, 0.1) is 0 Å². The Labute approximate surface area is 166 Å². The van der Waals surface area contributed by atoms with Gasteiger partial charge in [-0.3, -0.25) is 4.79 Å². The van der Waals surface area contributed by atoms with Crippen molar-refractivity contribution >= 4 is 33.0 Å². The van der Waals surface area contributed by atoms with Crippen molar-refractivity contribution in [3.8, 4) is 11.5 Å². The highest BCUT2D eigenvalue weighted by Crippen LogP contribution is 2.28. The highest BCUT2D eigenvalue weighted by atomic mass is 35.5. The van der Waals surface area contributed by atoms with Crippen LogP contribution >= 0.6 is 11.6 Å². The molecule has 0 unspecified atom stereocenters. The number of para-hydroxylation sites is 1. The second-order valence-electron chi connectivity index (χ2n) is 6.42. The van der Waals surface area contributed by atoms with Crippen LogP contribution in [0.1, 0.15) is 12.0 Å². The van der Waals surface area contributed by atoms with E-state index < -0.39 is 26.7 Å². The number of aromatic nitrogens is 2. The fourth-order valence-electron chi connectivity index (χ4n) is 3.14. The number of nitrogens with zero attached hydrogens (tertiary/aromatic N) is 3. The molecule has 3 aromatic rings. The van der Waals surface area contributed by atoms with Crippen LogP contribution in [0.5, 0.6) is 0 Å². The van der Waals surface area contributed by atoms with Gasteiger partial charge in [0.2, 0.25) is 21.6 Å². The van der Waals surface area contributed by atoms with E-state index in [9.17, 15) is 13.2 Å². The standard InChI is InChI=1S/C19H16ClN3O4S/c20-15-9-7-14(8-10-15)18-21-22-19(27-18)28(25,26)12-17(24)23-11-3-5-13-4-1-2-6-16(13)23/h1-2,4,6-10H,3,5,11-12H2. The monoisotopic (exact) mass is 417 g/mol. The van der Waals surface area contributed by atoms with Crippen LogP contribution in [0.25, 0.3) is 11.5 Å². The van der Waals surface area contributed by atoms with Gasteiger partial charge in [0.25, 0.3) is 0 Å². The van der Waals surface area contributed by atoms with Gasteiger partial charge in [0.15, 0.2) is 0 Å². The molecule has 28 heavy (non-hydrogen) atoms. The molecule has 0 saturated carbocycles. The lowest BCUT2D eigenvalue weighted by atomic mass is 10.0. The smallest absolute Gasteiger partial charge is 0.336 e. The van der Waals surface area contributed by atoms with E-state index in [0.717, 1.165) is 24.1 Å². The van der Waals surface area contributed by atoms with E-state index >= 15 is 0 Å². The molecule has 0 radical (unpaired) electrons. The van der Waals surface area contributed by atoms with E-state index in [0.29, 0.717) is 17.1 Å². The molecule has 0 N–H and O–H groups in total. The summed E-state index contributed by atoms with van der Waals surface area (Å²) in [6.45, 7) is 0.477. The Morgan fingerprint density at radius 2 is 1.86 bits per heavy atom. The Balaban J connectivity index is 1.55. The third-order valence-corrected chi connectivity index (χ3v) is 6.06. The van der Waals surface area contributed by atoms with E-state index in [1.807, 2.05) is 24.3 Å². The van der Waals surface area contributed by atoms with Gasteiger partial charge in [0, 0.05) is 22.8 Å². The van der Waals surface area contributed by atoms with Crippen molar-refractivity contribution in [2.45, 2.75) is 18.1 Å². The summed E-state index contributed by atoms with van der Waals surface area (Å²) in [5.74, 6) is -1.20. The quantitative estimate of drug-likeness (QED) is 0.647. The molecule has 4 rings (SSSR count). The number of amides is 1. The molecule has 144 valence electrons. The Morgan fingerprint density at radius 3 is 2.64 bits per heavy atom. The topological polar surface area (TPSA) is 93.4 Å². The minimum atomic E-state index is -4.06. The molecule has 9 heteroatoms. The van der Waals surface area contributed by atoms with Crippen molar-refractivity contribution in [1.82, 2.24) is 10.2 Å². The van der Waals surface area contributed by atoms with E-state index in [4.69, 9.17) is 16.0 Å². The van der Waals surface area contributed by atoms with Crippen LogP contribution in [0.15, 0.2) is 58.2 Å². The first-order valence-electron chi connectivity index (χ1n) is 8.64. The van der Waals surface area contributed by atoms with Gasteiger partial charge in [-0.05, 0) is 48.7 Å². The summed E-state index contributed by atoms with van der Waals surface area (Å²) >= 11 is 5.84. The molecular weight excluding hydrogens is 402 g/mol. The summed E-state index contributed by atoms with van der Waals surface area (Å²) in [5.41, 5.74) is 2.32. The van der Waals surface area contributed by atoms with Gasteiger partial charge in [-0.2, -0.15) is 0 Å². The zero-order valence-corrected chi connectivity index (χ0v) is 16.3. The summed E-state index contributed by atoms with van der Waals surface area (Å²) in [7, 11) is -4.06. The van der Waals surface area contributed by atoms with E-state index in [2.05, 4.69) is 10.2 Å². The molecule has 0 spiro atoms. The molecule has 2 heterocycles. The molecule has 0 aliphatic carbocycles. The minimum absolute atomic E-state index is 0.0472. The average Bonchev–Trinajstić information content (AvgIpc) is 3.19. The second-order valence-corrected chi connectivity index (χ2v) is 8.72. The summed E-state index contributed by atoms with van der Waals surface area (Å²) in [6.07, 6.45) is 1.64. The summed E-state index contributed by atoms with van der Waals surface area (Å²) in [6, 6.07) is 14.0. The Bertz CT molecular complexity index is 1130. The Morgan fingerprint density at radius 1 is 1.11 bits per heavy atom. The molecule has 1 aliphatic rings. The van der Waals surface area contributed by atoms with Crippen molar-refractivity contribution in [3.05, 3.63) is 59.1 Å². The molecule has 0 atom stereocenters. The van der Waals surface area contributed by atoms with E-state index in [-0.39, 0.29) is 5.89 Å². The van der Waals surface area contributed by atoms with Crippen LogP contribution in [0.4, 0.5) is 5.69 Å². The van der Waals surface area contributed by atoms with Crippen LogP contribution in [0, 0.1) is 0 Å². The number of hydrogen-bond acceptors (Lipinski definition) is 6. The van der Waals surface area contributed by atoms with E-state index in [1.165, 1.54) is 4.90 Å². The number of anilines is 1. The number of carbonyl (C=O) groups excluding carboxylic acids is 1. The highest BCUT2D eigenvalue weighted by molar-refractivity contribution is 7.91. The molecule has 2 aromatic carbocycles. The maximum atomic E-state index is 12.7. The number of hydrogen-bond donors (Lipinski definition) is 0. The molecular formula is C19H16ClN3O4S. The van der Waals surface area contributed by atoms with Crippen LogP contribution in [0.2, 0.25) is 5.02 Å². The lowest BCUT2D eigenvalue weighted by molar-refractivity contribution is -0.116. The zero-order chi connectivity index (χ0) is 19.7. The third-order valence-electron chi connectivity index (χ3n) is 4.49. The molecule has 0 fully saturated rings. The fourth-order valence-corrected chi connectivity index (χ4v) is 4.24. The third kappa shape index (κ3) is 3.65. The summed E-state index contributed by atoms with van der Waals surface area (Å²) in [5, 5.41) is 7.35. The Hall–Kier alpha value is -2.71. The zero-order valence-electron chi connectivity index (χ0n) is 14.7. The van der Waals surface area contributed by atoms with Gasteiger partial charge in [-0.1, -0.05) is 34.9 Å². The lowest BCUT2D eigenvalue weighted by Gasteiger charge is -2.29. The number of carbonyl (C=O) groups is 1. The molecule has 0 bridgehead atoms. The summed E-state index contributed by atoms with van der Waals surface area (Å²) in [4.78, 5) is 14.2. The molecule has 1 aromatic heterocycles. The van der Waals surface area contributed by atoms with Crippen LogP contribution in [-0.2, 0) is 21.1 Å². The van der Waals surface area contributed by atoms with Crippen LogP contribution in [-0.4, -0.2) is 36.8 Å².